The van der Waals surface area contributed by atoms with E-state index in [-0.39, 0.29) is 0 Å². The van der Waals surface area contributed by atoms with Crippen molar-refractivity contribution in [2.45, 2.75) is 72.3 Å². The van der Waals surface area contributed by atoms with Crippen molar-refractivity contribution in [2.24, 2.45) is 11.8 Å². The van der Waals surface area contributed by atoms with E-state index in [1.54, 1.807) is 0 Å². The maximum Gasteiger partial charge on any atom is 0.00103 e. The Morgan fingerprint density at radius 3 is 2.32 bits per heavy atom. The van der Waals surface area contributed by atoms with E-state index in [4.69, 9.17) is 0 Å². The van der Waals surface area contributed by atoms with Crippen molar-refractivity contribution in [3.8, 4) is 0 Å². The average Bonchev–Trinajstić information content (AvgIpc) is 2.39. The van der Waals surface area contributed by atoms with Crippen molar-refractivity contribution in [3.63, 3.8) is 0 Å². The molecule has 1 fully saturated rings. The fourth-order valence-corrected chi connectivity index (χ4v) is 3.37. The summed E-state index contributed by atoms with van der Waals surface area (Å²) in [5.41, 5.74) is 0. The van der Waals surface area contributed by atoms with Crippen LogP contribution in [-0.4, -0.2) is 37.1 Å². The smallest absolute Gasteiger partial charge is 0.00103 e. The SMILES string of the molecule is CCCC(CCNC(C)C)CC1CCN(CC)CC1. The zero-order valence-electron chi connectivity index (χ0n) is 13.8. The Bertz CT molecular complexity index is 207. The van der Waals surface area contributed by atoms with E-state index < -0.39 is 0 Å². The normalized spacial score (nSPS) is 20.1. The summed E-state index contributed by atoms with van der Waals surface area (Å²) < 4.78 is 0. The average molecular weight is 268 g/mol. The lowest BCUT2D eigenvalue weighted by molar-refractivity contribution is 0.169. The van der Waals surface area contributed by atoms with Crippen LogP contribution < -0.4 is 5.32 Å². The third-order valence-corrected chi connectivity index (χ3v) is 4.62. The Labute approximate surface area is 121 Å². The molecule has 0 radical (unpaired) electrons. The second-order valence-electron chi connectivity index (χ2n) is 6.67. The van der Waals surface area contributed by atoms with Gasteiger partial charge in [-0.05, 0) is 63.7 Å². The molecule has 1 N–H and O–H groups in total. The lowest BCUT2D eigenvalue weighted by Gasteiger charge is -2.33. The molecule has 0 aromatic rings. The van der Waals surface area contributed by atoms with Crippen LogP contribution in [0.15, 0.2) is 0 Å². The van der Waals surface area contributed by atoms with Crippen molar-refractivity contribution < 1.29 is 0 Å². The number of nitrogens with zero attached hydrogens (tertiary/aromatic N) is 1. The monoisotopic (exact) mass is 268 g/mol. The van der Waals surface area contributed by atoms with Crippen LogP contribution in [0.2, 0.25) is 0 Å². The highest BCUT2D eigenvalue weighted by Crippen LogP contribution is 2.28. The van der Waals surface area contributed by atoms with Gasteiger partial charge in [0.2, 0.25) is 0 Å². The van der Waals surface area contributed by atoms with Gasteiger partial charge in [0.1, 0.15) is 0 Å². The number of likely N-dealkylation sites (tertiary alicyclic amines) is 1. The molecule has 0 aromatic carbocycles. The lowest BCUT2D eigenvalue weighted by Crippen LogP contribution is -2.34. The Morgan fingerprint density at radius 1 is 1.11 bits per heavy atom. The molecule has 114 valence electrons. The minimum Gasteiger partial charge on any atom is -0.315 e. The maximum absolute atomic E-state index is 3.58. The van der Waals surface area contributed by atoms with Gasteiger partial charge in [0, 0.05) is 6.04 Å². The summed E-state index contributed by atoms with van der Waals surface area (Å²) in [6.07, 6.45) is 8.50. The first-order valence-electron chi connectivity index (χ1n) is 8.61. The van der Waals surface area contributed by atoms with Gasteiger partial charge in [-0.15, -0.1) is 0 Å². The van der Waals surface area contributed by atoms with Gasteiger partial charge in [-0.3, -0.25) is 0 Å². The van der Waals surface area contributed by atoms with Gasteiger partial charge in [0.15, 0.2) is 0 Å². The van der Waals surface area contributed by atoms with Gasteiger partial charge >= 0.3 is 0 Å². The van der Waals surface area contributed by atoms with E-state index in [0.29, 0.717) is 6.04 Å². The Hall–Kier alpha value is -0.0800. The molecule has 1 rings (SSSR count). The highest BCUT2D eigenvalue weighted by atomic mass is 15.1. The summed E-state index contributed by atoms with van der Waals surface area (Å²) in [6.45, 7) is 14.2. The third-order valence-electron chi connectivity index (χ3n) is 4.62. The molecule has 1 heterocycles. The molecular weight excluding hydrogens is 232 g/mol. The van der Waals surface area contributed by atoms with Crippen molar-refractivity contribution in [1.82, 2.24) is 10.2 Å². The highest BCUT2D eigenvalue weighted by Gasteiger charge is 2.21. The number of piperidine rings is 1. The first kappa shape index (κ1) is 17.0. The van der Waals surface area contributed by atoms with Crippen LogP contribution in [-0.2, 0) is 0 Å². The predicted octanol–water partition coefficient (Wildman–Crippen LogP) is 3.91. The van der Waals surface area contributed by atoms with Gasteiger partial charge in [0.05, 0.1) is 0 Å². The minimum atomic E-state index is 0.634. The largest absolute Gasteiger partial charge is 0.315 e. The second kappa shape index (κ2) is 9.77. The number of rotatable bonds is 9. The van der Waals surface area contributed by atoms with Crippen LogP contribution in [0, 0.1) is 11.8 Å². The first-order chi connectivity index (χ1) is 9.15. The van der Waals surface area contributed by atoms with Gasteiger partial charge < -0.3 is 10.2 Å². The zero-order chi connectivity index (χ0) is 14.1. The van der Waals surface area contributed by atoms with Crippen molar-refractivity contribution in [1.29, 1.82) is 0 Å². The van der Waals surface area contributed by atoms with Gasteiger partial charge in [-0.2, -0.15) is 0 Å². The van der Waals surface area contributed by atoms with Crippen LogP contribution in [0.5, 0.6) is 0 Å². The molecule has 0 amide bonds. The molecule has 0 aliphatic carbocycles. The fraction of sp³-hybridized carbons (Fsp3) is 1.00. The zero-order valence-corrected chi connectivity index (χ0v) is 13.8. The first-order valence-corrected chi connectivity index (χ1v) is 8.61. The maximum atomic E-state index is 3.58. The lowest BCUT2D eigenvalue weighted by atomic mass is 9.83. The van der Waals surface area contributed by atoms with E-state index in [2.05, 4.69) is 37.9 Å². The molecule has 1 saturated heterocycles. The summed E-state index contributed by atoms with van der Waals surface area (Å²) in [5, 5.41) is 3.58. The molecule has 1 aliphatic heterocycles. The van der Waals surface area contributed by atoms with Crippen LogP contribution in [0.3, 0.4) is 0 Å². The topological polar surface area (TPSA) is 15.3 Å². The molecule has 1 atom stereocenters. The standard InChI is InChI=1S/C17H36N2/c1-5-7-16(8-11-18-15(3)4)14-17-9-12-19(6-2)13-10-17/h15-18H,5-14H2,1-4H3. The predicted molar refractivity (Wildman–Crippen MR) is 85.6 cm³/mol. The second-order valence-corrected chi connectivity index (χ2v) is 6.67. The minimum absolute atomic E-state index is 0.634. The molecule has 0 bridgehead atoms. The number of nitrogens with one attached hydrogen (secondary N) is 1. The summed E-state index contributed by atoms with van der Waals surface area (Å²) in [7, 11) is 0. The summed E-state index contributed by atoms with van der Waals surface area (Å²) in [5.74, 6) is 1.95. The van der Waals surface area contributed by atoms with E-state index in [0.717, 1.165) is 11.8 Å². The van der Waals surface area contributed by atoms with Crippen LogP contribution >= 0.6 is 0 Å². The quantitative estimate of drug-likeness (QED) is 0.682. The van der Waals surface area contributed by atoms with E-state index in [9.17, 15) is 0 Å². The van der Waals surface area contributed by atoms with Gasteiger partial charge in [0.25, 0.3) is 0 Å². The Balaban J connectivity index is 2.24. The molecule has 2 heteroatoms. The van der Waals surface area contributed by atoms with E-state index in [1.807, 2.05) is 0 Å². The van der Waals surface area contributed by atoms with Gasteiger partial charge in [-0.25, -0.2) is 0 Å². The van der Waals surface area contributed by atoms with Crippen LogP contribution in [0.1, 0.15) is 66.2 Å². The summed E-state index contributed by atoms with van der Waals surface area (Å²) >= 11 is 0. The summed E-state index contributed by atoms with van der Waals surface area (Å²) in [6, 6.07) is 0.634. The molecule has 2 nitrogen and oxygen atoms in total. The molecule has 0 spiro atoms. The molecule has 0 saturated carbocycles. The fourth-order valence-electron chi connectivity index (χ4n) is 3.37. The highest BCUT2D eigenvalue weighted by molar-refractivity contribution is 4.75. The van der Waals surface area contributed by atoms with E-state index in [1.165, 1.54) is 64.7 Å². The van der Waals surface area contributed by atoms with Crippen molar-refractivity contribution in [3.05, 3.63) is 0 Å². The molecule has 19 heavy (non-hydrogen) atoms. The number of hydrogen-bond donors (Lipinski definition) is 1. The molecule has 0 aromatic heterocycles. The van der Waals surface area contributed by atoms with Crippen LogP contribution in [0.25, 0.3) is 0 Å². The van der Waals surface area contributed by atoms with Crippen molar-refractivity contribution in [2.75, 3.05) is 26.2 Å². The Kier molecular flexibility index (Phi) is 8.72. The van der Waals surface area contributed by atoms with E-state index >= 15 is 0 Å². The molecular formula is C17H36N2. The third kappa shape index (κ3) is 7.31. The summed E-state index contributed by atoms with van der Waals surface area (Å²) in [4.78, 5) is 2.60. The number of hydrogen-bond acceptors (Lipinski definition) is 2. The van der Waals surface area contributed by atoms with Gasteiger partial charge in [-0.1, -0.05) is 40.5 Å². The van der Waals surface area contributed by atoms with Crippen LogP contribution in [0.4, 0.5) is 0 Å². The molecule has 1 unspecified atom stereocenters. The molecule has 1 aliphatic rings. The Morgan fingerprint density at radius 2 is 1.79 bits per heavy atom. The van der Waals surface area contributed by atoms with Crippen molar-refractivity contribution >= 4 is 0 Å².